The van der Waals surface area contributed by atoms with Crippen molar-refractivity contribution in [2.75, 3.05) is 0 Å². The number of nitrogens with zero attached hydrogens (tertiary/aromatic N) is 1. The molecule has 36 valence electrons. The van der Waals surface area contributed by atoms with Gasteiger partial charge in [0.2, 0.25) is 0 Å². The fraction of sp³-hybridized carbons (Fsp3) is 0. The highest BCUT2D eigenvalue weighted by molar-refractivity contribution is 5.72. The van der Waals surface area contributed by atoms with Crippen molar-refractivity contribution in [1.82, 2.24) is 0 Å². The van der Waals surface area contributed by atoms with Gasteiger partial charge in [-0.05, 0) is 0 Å². The normalized spacial score (nSPS) is 12.6. The van der Waals surface area contributed by atoms with Crippen molar-refractivity contribution in [3.05, 3.63) is 24.4 Å². The van der Waals surface area contributed by atoms with E-state index in [4.69, 9.17) is 0 Å². The molecule has 0 atom stereocenters. The Balaban J connectivity index is 0.000000360. The van der Waals surface area contributed by atoms with E-state index in [2.05, 4.69) is 11.1 Å². The van der Waals surface area contributed by atoms with E-state index in [1.165, 1.54) is 0 Å². The Morgan fingerprint density at radius 1 is 1.43 bits per heavy atom. The lowest BCUT2D eigenvalue weighted by Crippen LogP contribution is -3.00. The number of allylic oxidation sites excluding steroid dienone is 3. The molecule has 0 radical (unpaired) electrons. The number of rotatable bonds is 0. The summed E-state index contributed by atoms with van der Waals surface area (Å²) in [5.74, 6) is 0. The van der Waals surface area contributed by atoms with Crippen LogP contribution >= 0.6 is 0 Å². The second-order valence-electron chi connectivity index (χ2n) is 0.953. The molecule has 1 rings (SSSR count). The summed E-state index contributed by atoms with van der Waals surface area (Å²) in [6.07, 6.45) is 9.77. The van der Waals surface area contributed by atoms with Crippen LogP contribution in [-0.2, 0) is 0 Å². The fourth-order valence-electron chi connectivity index (χ4n) is 0.277. The van der Waals surface area contributed by atoms with Crippen LogP contribution in [0.2, 0.25) is 0 Å². The average molecular weight is 158 g/mol. The lowest BCUT2D eigenvalue weighted by Gasteiger charge is -1.64. The van der Waals surface area contributed by atoms with E-state index < -0.39 is 0 Å². The molecule has 0 aromatic heterocycles. The Bertz CT molecular complexity index is 77.5. The van der Waals surface area contributed by atoms with Gasteiger partial charge in [0, 0.05) is 0 Å². The van der Waals surface area contributed by atoms with Gasteiger partial charge in [0.05, 0.1) is 6.08 Å². The monoisotopic (exact) mass is 157 g/mol. The summed E-state index contributed by atoms with van der Waals surface area (Å²) in [4.78, 5) is 3.73. The van der Waals surface area contributed by atoms with E-state index in [0.717, 1.165) is 0 Å². The molecule has 0 saturated carbocycles. The SMILES string of the molecule is [Br-].[C+]1=CN=CC=C1. The highest BCUT2D eigenvalue weighted by Crippen LogP contribution is 1.80. The summed E-state index contributed by atoms with van der Waals surface area (Å²) in [6, 6.07) is 0. The van der Waals surface area contributed by atoms with Crippen molar-refractivity contribution in [3.63, 3.8) is 0 Å². The van der Waals surface area contributed by atoms with Crippen molar-refractivity contribution < 1.29 is 17.0 Å². The van der Waals surface area contributed by atoms with Crippen LogP contribution in [0.4, 0.5) is 0 Å². The average Bonchev–Trinajstić information content (AvgIpc) is 1.72. The van der Waals surface area contributed by atoms with Gasteiger partial charge in [-0.15, -0.1) is 0 Å². The Morgan fingerprint density at radius 2 is 2.29 bits per heavy atom. The molecule has 7 heavy (non-hydrogen) atoms. The predicted octanol–water partition coefficient (Wildman–Crippen LogP) is -2.05. The topological polar surface area (TPSA) is 12.4 Å². The number of hydrogen-bond donors (Lipinski definition) is 0. The Labute approximate surface area is 53.2 Å². The molecular weight excluding hydrogens is 154 g/mol. The summed E-state index contributed by atoms with van der Waals surface area (Å²) in [5, 5.41) is 0. The molecule has 0 unspecified atom stereocenters. The van der Waals surface area contributed by atoms with Crippen molar-refractivity contribution in [3.8, 4) is 0 Å². The molecule has 0 bridgehead atoms. The van der Waals surface area contributed by atoms with Crippen molar-refractivity contribution in [2.24, 2.45) is 4.99 Å². The van der Waals surface area contributed by atoms with Gasteiger partial charge in [0.15, 0.2) is 12.3 Å². The summed E-state index contributed by atoms with van der Waals surface area (Å²) < 4.78 is 0. The summed E-state index contributed by atoms with van der Waals surface area (Å²) >= 11 is 0. The number of hydrogen-bond acceptors (Lipinski definition) is 1. The van der Waals surface area contributed by atoms with E-state index in [1.54, 1.807) is 12.4 Å². The van der Waals surface area contributed by atoms with Crippen LogP contribution in [0.3, 0.4) is 0 Å². The molecule has 0 saturated heterocycles. The second-order valence-corrected chi connectivity index (χ2v) is 0.953. The number of aliphatic imine (C=N–C) groups is 1. The van der Waals surface area contributed by atoms with E-state index >= 15 is 0 Å². The lowest BCUT2D eigenvalue weighted by atomic mass is 10.4. The molecule has 0 spiro atoms. The highest BCUT2D eigenvalue weighted by Gasteiger charge is 1.79. The Kier molecular flexibility index (Phi) is 3.48. The maximum atomic E-state index is 3.73. The molecule has 0 aromatic rings. The molecule has 1 aliphatic heterocycles. The molecule has 0 aromatic carbocycles. The molecule has 0 amide bonds. The highest BCUT2D eigenvalue weighted by atomic mass is 79.9. The minimum atomic E-state index is 0. The third-order valence-corrected chi connectivity index (χ3v) is 0.514. The molecule has 0 aliphatic carbocycles. The lowest BCUT2D eigenvalue weighted by molar-refractivity contribution is -0.00000119. The molecule has 1 aliphatic rings. The first kappa shape index (κ1) is 6.54. The van der Waals surface area contributed by atoms with Gasteiger partial charge in [-0.25, -0.2) is 4.99 Å². The van der Waals surface area contributed by atoms with E-state index in [0.29, 0.717) is 0 Å². The van der Waals surface area contributed by atoms with Crippen LogP contribution < -0.4 is 17.0 Å². The first-order valence-electron chi connectivity index (χ1n) is 1.76. The molecule has 0 fully saturated rings. The standard InChI is InChI=1S/C5H4N.BrH/c1-2-4-6-5-3-1;/h1-2,4-5H;1H/q+1;/p-1. The first-order valence-corrected chi connectivity index (χ1v) is 1.76. The van der Waals surface area contributed by atoms with Gasteiger partial charge >= 0.3 is 0 Å². The Hall–Kier alpha value is -0.460. The number of halogens is 1. The van der Waals surface area contributed by atoms with E-state index in [9.17, 15) is 0 Å². The summed E-state index contributed by atoms with van der Waals surface area (Å²) in [5.41, 5.74) is 0. The van der Waals surface area contributed by atoms with E-state index in [1.807, 2.05) is 12.2 Å². The summed E-state index contributed by atoms with van der Waals surface area (Å²) in [6.45, 7) is 0. The maximum absolute atomic E-state index is 3.73. The molecular formula is C5H4BrN. The summed E-state index contributed by atoms with van der Waals surface area (Å²) in [7, 11) is 0. The van der Waals surface area contributed by atoms with Gasteiger partial charge in [0.1, 0.15) is 12.3 Å². The van der Waals surface area contributed by atoms with Crippen molar-refractivity contribution in [2.45, 2.75) is 0 Å². The minimum absolute atomic E-state index is 0. The van der Waals surface area contributed by atoms with Crippen molar-refractivity contribution in [1.29, 1.82) is 0 Å². The van der Waals surface area contributed by atoms with Crippen LogP contribution in [0, 0.1) is 6.08 Å². The smallest absolute Gasteiger partial charge is 0.173 e. The molecule has 1 heterocycles. The van der Waals surface area contributed by atoms with Gasteiger partial charge in [-0.1, -0.05) is 0 Å². The van der Waals surface area contributed by atoms with Gasteiger partial charge in [0.25, 0.3) is 0 Å². The fourth-order valence-corrected chi connectivity index (χ4v) is 0.277. The van der Waals surface area contributed by atoms with E-state index in [-0.39, 0.29) is 17.0 Å². The zero-order chi connectivity index (χ0) is 4.24. The third kappa shape index (κ3) is 2.26. The van der Waals surface area contributed by atoms with Crippen LogP contribution in [0.1, 0.15) is 0 Å². The molecule has 0 N–H and O–H groups in total. The molecule has 1 nitrogen and oxygen atoms in total. The van der Waals surface area contributed by atoms with Crippen LogP contribution in [0.15, 0.2) is 23.3 Å². The largest absolute Gasteiger partial charge is 1.00 e. The maximum Gasteiger partial charge on any atom is 0.173 e. The van der Waals surface area contributed by atoms with Gasteiger partial charge in [-0.2, -0.15) is 0 Å². The molecule has 2 heteroatoms. The van der Waals surface area contributed by atoms with Crippen LogP contribution in [0.25, 0.3) is 0 Å². The first-order chi connectivity index (χ1) is 3.00. The predicted molar refractivity (Wildman–Crippen MR) is 25.4 cm³/mol. The van der Waals surface area contributed by atoms with Crippen molar-refractivity contribution >= 4 is 6.21 Å². The van der Waals surface area contributed by atoms with Gasteiger partial charge in [-0.3, -0.25) is 0 Å². The second kappa shape index (κ2) is 3.72. The Morgan fingerprint density at radius 3 is 2.43 bits per heavy atom. The minimum Gasteiger partial charge on any atom is -1.00 e. The van der Waals surface area contributed by atoms with Gasteiger partial charge < -0.3 is 17.0 Å². The zero-order valence-corrected chi connectivity index (χ0v) is 5.22. The van der Waals surface area contributed by atoms with Crippen LogP contribution in [-0.4, -0.2) is 6.21 Å². The zero-order valence-electron chi connectivity index (χ0n) is 3.63. The van der Waals surface area contributed by atoms with Crippen LogP contribution in [0.5, 0.6) is 0 Å². The quantitative estimate of drug-likeness (QED) is 0.360. The third-order valence-electron chi connectivity index (χ3n) is 0.514.